The molecule has 0 spiro atoms. The van der Waals surface area contributed by atoms with Crippen molar-refractivity contribution in [3.8, 4) is 0 Å². The molecular formula is C12H15ClN2. The highest BCUT2D eigenvalue weighted by molar-refractivity contribution is 6.35. The van der Waals surface area contributed by atoms with Gasteiger partial charge in [-0.3, -0.25) is 0 Å². The van der Waals surface area contributed by atoms with Crippen LogP contribution in [0.3, 0.4) is 0 Å². The van der Waals surface area contributed by atoms with Gasteiger partial charge in [-0.25, -0.2) is 0 Å². The third-order valence-corrected chi connectivity index (χ3v) is 2.99. The number of rotatable bonds is 1. The Morgan fingerprint density at radius 1 is 1.33 bits per heavy atom. The van der Waals surface area contributed by atoms with Gasteiger partial charge in [0, 0.05) is 29.7 Å². The molecule has 2 N–H and O–H groups in total. The molecule has 0 radical (unpaired) electrons. The van der Waals surface area contributed by atoms with Crippen molar-refractivity contribution in [3.63, 3.8) is 0 Å². The zero-order valence-electron chi connectivity index (χ0n) is 9.21. The van der Waals surface area contributed by atoms with E-state index in [1.165, 1.54) is 0 Å². The molecule has 0 amide bonds. The Morgan fingerprint density at radius 3 is 2.60 bits per heavy atom. The molecule has 0 aliphatic carbocycles. The monoisotopic (exact) mass is 222 g/mol. The molecule has 1 aromatic carbocycles. The average Bonchev–Trinajstić information content (AvgIpc) is 2.41. The van der Waals surface area contributed by atoms with Crippen LogP contribution in [0.1, 0.15) is 19.4 Å². The van der Waals surface area contributed by atoms with Crippen LogP contribution in [0, 0.1) is 0 Å². The van der Waals surface area contributed by atoms with Crippen molar-refractivity contribution >= 4 is 22.5 Å². The first-order valence-electron chi connectivity index (χ1n) is 4.93. The number of halogens is 1. The highest BCUT2D eigenvalue weighted by Crippen LogP contribution is 2.28. The Labute approximate surface area is 94.6 Å². The van der Waals surface area contributed by atoms with Crippen LogP contribution in [0.25, 0.3) is 10.9 Å². The highest BCUT2D eigenvalue weighted by atomic mass is 35.5. The van der Waals surface area contributed by atoms with Crippen LogP contribution < -0.4 is 5.73 Å². The lowest BCUT2D eigenvalue weighted by molar-refractivity contribution is 0.555. The Balaban J connectivity index is 2.71. The molecule has 15 heavy (non-hydrogen) atoms. The minimum atomic E-state index is -0.326. The number of hydrogen-bond acceptors (Lipinski definition) is 1. The molecule has 3 heteroatoms. The summed E-state index contributed by atoms with van der Waals surface area (Å²) in [6, 6.07) is 6.18. The number of benzene rings is 1. The molecule has 0 bridgehead atoms. The van der Waals surface area contributed by atoms with E-state index in [9.17, 15) is 0 Å². The number of nitrogens with zero attached hydrogens (tertiary/aromatic N) is 1. The van der Waals surface area contributed by atoms with E-state index in [1.54, 1.807) is 0 Å². The fraction of sp³-hybridized carbons (Fsp3) is 0.333. The van der Waals surface area contributed by atoms with Gasteiger partial charge in [0.25, 0.3) is 0 Å². The van der Waals surface area contributed by atoms with Crippen LogP contribution >= 0.6 is 11.6 Å². The van der Waals surface area contributed by atoms with Gasteiger partial charge in [-0.1, -0.05) is 17.7 Å². The third kappa shape index (κ3) is 1.75. The highest BCUT2D eigenvalue weighted by Gasteiger charge is 2.15. The van der Waals surface area contributed by atoms with Crippen molar-refractivity contribution in [1.29, 1.82) is 0 Å². The Bertz CT molecular complexity index is 506. The van der Waals surface area contributed by atoms with E-state index in [0.717, 1.165) is 21.5 Å². The predicted octanol–water partition coefficient (Wildman–Crippen LogP) is 3.03. The molecule has 1 aromatic heterocycles. The van der Waals surface area contributed by atoms with Gasteiger partial charge in [0.1, 0.15) is 0 Å². The second kappa shape index (κ2) is 3.26. The van der Waals surface area contributed by atoms with Gasteiger partial charge in [0.15, 0.2) is 0 Å². The van der Waals surface area contributed by atoms with Crippen molar-refractivity contribution in [3.05, 3.63) is 35.0 Å². The quantitative estimate of drug-likeness (QED) is 0.790. The summed E-state index contributed by atoms with van der Waals surface area (Å²) < 4.78 is 2.02. The molecule has 0 atom stereocenters. The summed E-state index contributed by atoms with van der Waals surface area (Å²) in [4.78, 5) is 0. The molecule has 0 saturated heterocycles. The maximum Gasteiger partial charge on any atom is 0.0661 e. The zero-order valence-corrected chi connectivity index (χ0v) is 9.97. The first kappa shape index (κ1) is 10.5. The van der Waals surface area contributed by atoms with E-state index >= 15 is 0 Å². The fourth-order valence-electron chi connectivity index (χ4n) is 1.74. The summed E-state index contributed by atoms with van der Waals surface area (Å²) in [5, 5.41) is 1.84. The molecule has 1 heterocycles. The van der Waals surface area contributed by atoms with Crippen LogP contribution in [-0.2, 0) is 12.6 Å². The summed E-state index contributed by atoms with van der Waals surface area (Å²) in [6.45, 7) is 3.98. The SMILES string of the molecule is Cn1cc(Cl)c2cc(C(C)(C)N)ccc21. The van der Waals surface area contributed by atoms with Gasteiger partial charge < -0.3 is 10.3 Å². The number of aromatic nitrogens is 1. The molecule has 2 rings (SSSR count). The van der Waals surface area contributed by atoms with Gasteiger partial charge in [0.2, 0.25) is 0 Å². The summed E-state index contributed by atoms with van der Waals surface area (Å²) >= 11 is 6.14. The van der Waals surface area contributed by atoms with Crippen LogP contribution in [0.15, 0.2) is 24.4 Å². The van der Waals surface area contributed by atoms with Gasteiger partial charge in [-0.2, -0.15) is 0 Å². The topological polar surface area (TPSA) is 30.9 Å². The van der Waals surface area contributed by atoms with Crippen molar-refractivity contribution in [2.45, 2.75) is 19.4 Å². The maximum atomic E-state index is 6.14. The van der Waals surface area contributed by atoms with E-state index in [-0.39, 0.29) is 5.54 Å². The molecule has 80 valence electrons. The predicted molar refractivity (Wildman–Crippen MR) is 65.1 cm³/mol. The molecule has 0 unspecified atom stereocenters. The molecule has 2 aromatic rings. The minimum absolute atomic E-state index is 0.326. The van der Waals surface area contributed by atoms with Crippen LogP contribution in [-0.4, -0.2) is 4.57 Å². The normalized spacial score (nSPS) is 12.3. The molecule has 0 aliphatic heterocycles. The fourth-order valence-corrected chi connectivity index (χ4v) is 2.04. The maximum absolute atomic E-state index is 6.14. The average molecular weight is 223 g/mol. The van der Waals surface area contributed by atoms with E-state index in [4.69, 9.17) is 17.3 Å². The minimum Gasteiger partial charge on any atom is -0.349 e. The van der Waals surface area contributed by atoms with Gasteiger partial charge in [0.05, 0.1) is 5.02 Å². The molecule has 0 fully saturated rings. The third-order valence-electron chi connectivity index (χ3n) is 2.68. The van der Waals surface area contributed by atoms with Gasteiger partial charge in [-0.15, -0.1) is 0 Å². The first-order valence-corrected chi connectivity index (χ1v) is 5.31. The molecule has 2 nitrogen and oxygen atoms in total. The number of aryl methyl sites for hydroxylation is 1. The molecular weight excluding hydrogens is 208 g/mol. The lowest BCUT2D eigenvalue weighted by atomic mass is 9.95. The number of hydrogen-bond donors (Lipinski definition) is 1. The largest absolute Gasteiger partial charge is 0.349 e. The molecule has 0 saturated carbocycles. The van der Waals surface area contributed by atoms with Crippen molar-refractivity contribution in [2.75, 3.05) is 0 Å². The lowest BCUT2D eigenvalue weighted by Crippen LogP contribution is -2.28. The van der Waals surface area contributed by atoms with E-state index in [1.807, 2.05) is 31.7 Å². The van der Waals surface area contributed by atoms with E-state index in [0.29, 0.717) is 0 Å². The summed E-state index contributed by atoms with van der Waals surface area (Å²) in [6.07, 6.45) is 1.92. The zero-order chi connectivity index (χ0) is 11.2. The number of nitrogens with two attached hydrogens (primary N) is 1. The summed E-state index contributed by atoms with van der Waals surface area (Å²) in [7, 11) is 1.99. The first-order chi connectivity index (χ1) is 6.89. The lowest BCUT2D eigenvalue weighted by Gasteiger charge is -2.19. The van der Waals surface area contributed by atoms with Crippen molar-refractivity contribution < 1.29 is 0 Å². The Kier molecular flexibility index (Phi) is 2.28. The standard InChI is InChI=1S/C12H15ClN2/c1-12(2,14)8-4-5-11-9(6-8)10(13)7-15(11)3/h4-7H,14H2,1-3H3. The van der Waals surface area contributed by atoms with Crippen LogP contribution in [0.2, 0.25) is 5.02 Å². The van der Waals surface area contributed by atoms with E-state index < -0.39 is 0 Å². The summed E-state index contributed by atoms with van der Waals surface area (Å²) in [5.41, 5.74) is 7.96. The van der Waals surface area contributed by atoms with Crippen molar-refractivity contribution in [2.24, 2.45) is 12.8 Å². The Hall–Kier alpha value is -0.990. The second-order valence-corrected chi connectivity index (χ2v) is 4.95. The molecule has 0 aliphatic rings. The smallest absolute Gasteiger partial charge is 0.0661 e. The number of fused-ring (bicyclic) bond motifs is 1. The van der Waals surface area contributed by atoms with E-state index in [2.05, 4.69) is 18.2 Å². The second-order valence-electron chi connectivity index (χ2n) is 4.54. The van der Waals surface area contributed by atoms with Gasteiger partial charge >= 0.3 is 0 Å². The summed E-state index contributed by atoms with van der Waals surface area (Å²) in [5.74, 6) is 0. The van der Waals surface area contributed by atoms with Crippen molar-refractivity contribution in [1.82, 2.24) is 4.57 Å². The van der Waals surface area contributed by atoms with Gasteiger partial charge in [-0.05, 0) is 31.5 Å². The van der Waals surface area contributed by atoms with Crippen LogP contribution in [0.5, 0.6) is 0 Å². The van der Waals surface area contributed by atoms with Crippen LogP contribution in [0.4, 0.5) is 0 Å². The Morgan fingerprint density at radius 2 is 2.00 bits per heavy atom.